The number of benzene rings is 2. The molecule has 4 nitrogen and oxygen atoms in total. The normalized spacial score (nSPS) is 10.5. The Bertz CT molecular complexity index is 722. The van der Waals surface area contributed by atoms with Gasteiger partial charge in [-0.25, -0.2) is 4.39 Å². The van der Waals surface area contributed by atoms with Crippen LogP contribution in [0.1, 0.15) is 0 Å². The Morgan fingerprint density at radius 2 is 1.85 bits per heavy atom. The Kier molecular flexibility index (Phi) is 3.16. The van der Waals surface area contributed by atoms with Gasteiger partial charge in [0, 0.05) is 23.9 Å². The number of nitrogens with one attached hydrogen (secondary N) is 1. The Hall–Kier alpha value is -2.69. The summed E-state index contributed by atoms with van der Waals surface area (Å²) in [6, 6.07) is 13.7. The van der Waals surface area contributed by atoms with Crippen molar-refractivity contribution in [3.63, 3.8) is 0 Å². The van der Waals surface area contributed by atoms with Gasteiger partial charge in [0.25, 0.3) is 5.89 Å². The van der Waals surface area contributed by atoms with E-state index in [-0.39, 0.29) is 5.82 Å². The topological polar surface area (TPSA) is 51.0 Å². The molecule has 3 aromatic rings. The van der Waals surface area contributed by atoms with E-state index in [1.807, 2.05) is 31.3 Å². The number of rotatable bonds is 3. The molecule has 0 radical (unpaired) electrons. The molecular weight excluding hydrogens is 257 g/mol. The first-order chi connectivity index (χ1) is 9.76. The van der Waals surface area contributed by atoms with Gasteiger partial charge in [0.05, 0.1) is 0 Å². The van der Waals surface area contributed by atoms with Crippen molar-refractivity contribution < 1.29 is 8.91 Å². The van der Waals surface area contributed by atoms with Crippen molar-refractivity contribution in [1.29, 1.82) is 0 Å². The van der Waals surface area contributed by atoms with Crippen molar-refractivity contribution >= 4 is 5.69 Å². The van der Waals surface area contributed by atoms with E-state index in [4.69, 9.17) is 4.52 Å². The van der Waals surface area contributed by atoms with Crippen LogP contribution in [0.3, 0.4) is 0 Å². The Morgan fingerprint density at radius 3 is 2.55 bits per heavy atom. The second kappa shape index (κ2) is 5.13. The number of nitrogens with zero attached hydrogens (tertiary/aromatic N) is 2. The summed E-state index contributed by atoms with van der Waals surface area (Å²) in [4.78, 5) is 4.28. The standard InChI is InChI=1S/C15H12FN3O/c1-17-13-7-5-10(6-8-13)15-18-14(19-20-15)11-3-2-4-12(16)9-11/h2-9,17H,1H3. The highest BCUT2D eigenvalue weighted by atomic mass is 19.1. The molecule has 0 saturated heterocycles. The average Bonchev–Trinajstić information content (AvgIpc) is 2.97. The highest BCUT2D eigenvalue weighted by Gasteiger charge is 2.10. The van der Waals surface area contributed by atoms with Crippen LogP contribution < -0.4 is 5.32 Å². The molecule has 100 valence electrons. The van der Waals surface area contributed by atoms with Crippen LogP contribution in [0.25, 0.3) is 22.8 Å². The zero-order chi connectivity index (χ0) is 13.9. The third-order valence-electron chi connectivity index (χ3n) is 2.93. The molecule has 5 heteroatoms. The summed E-state index contributed by atoms with van der Waals surface area (Å²) in [6.45, 7) is 0. The summed E-state index contributed by atoms with van der Waals surface area (Å²) in [5.74, 6) is 0.455. The molecule has 2 aromatic carbocycles. The van der Waals surface area contributed by atoms with Crippen LogP contribution in [-0.2, 0) is 0 Å². The largest absolute Gasteiger partial charge is 0.388 e. The van der Waals surface area contributed by atoms with Crippen LogP contribution in [0.2, 0.25) is 0 Å². The van der Waals surface area contributed by atoms with Crippen LogP contribution in [-0.4, -0.2) is 17.2 Å². The summed E-state index contributed by atoms with van der Waals surface area (Å²) >= 11 is 0. The maximum Gasteiger partial charge on any atom is 0.258 e. The highest BCUT2D eigenvalue weighted by Crippen LogP contribution is 2.23. The van der Waals surface area contributed by atoms with Gasteiger partial charge >= 0.3 is 0 Å². The predicted molar refractivity (Wildman–Crippen MR) is 74.7 cm³/mol. The molecule has 0 spiro atoms. The smallest absolute Gasteiger partial charge is 0.258 e. The minimum atomic E-state index is -0.327. The minimum Gasteiger partial charge on any atom is -0.388 e. The van der Waals surface area contributed by atoms with E-state index < -0.39 is 0 Å². The molecule has 0 aliphatic carbocycles. The van der Waals surface area contributed by atoms with Gasteiger partial charge in [-0.05, 0) is 36.4 Å². The Morgan fingerprint density at radius 1 is 1.05 bits per heavy atom. The fraction of sp³-hybridized carbons (Fsp3) is 0.0667. The SMILES string of the molecule is CNc1ccc(-c2nc(-c3cccc(F)c3)no2)cc1. The zero-order valence-corrected chi connectivity index (χ0v) is 10.8. The van der Waals surface area contributed by atoms with Crippen molar-refractivity contribution in [2.75, 3.05) is 12.4 Å². The van der Waals surface area contributed by atoms with E-state index in [2.05, 4.69) is 15.5 Å². The lowest BCUT2D eigenvalue weighted by Gasteiger charge is -1.99. The van der Waals surface area contributed by atoms with Crippen molar-refractivity contribution in [3.05, 3.63) is 54.3 Å². The van der Waals surface area contributed by atoms with E-state index in [1.165, 1.54) is 12.1 Å². The predicted octanol–water partition coefficient (Wildman–Crippen LogP) is 3.58. The van der Waals surface area contributed by atoms with Crippen LogP contribution >= 0.6 is 0 Å². The van der Waals surface area contributed by atoms with E-state index >= 15 is 0 Å². The van der Waals surface area contributed by atoms with Gasteiger partial charge in [0.2, 0.25) is 5.82 Å². The number of halogens is 1. The highest BCUT2D eigenvalue weighted by molar-refractivity contribution is 5.61. The third-order valence-corrected chi connectivity index (χ3v) is 2.93. The van der Waals surface area contributed by atoms with Crippen molar-refractivity contribution in [3.8, 4) is 22.8 Å². The zero-order valence-electron chi connectivity index (χ0n) is 10.8. The second-order valence-corrected chi connectivity index (χ2v) is 4.26. The molecule has 0 bridgehead atoms. The fourth-order valence-corrected chi connectivity index (χ4v) is 1.87. The molecule has 0 aliphatic rings. The summed E-state index contributed by atoms with van der Waals surface area (Å²) in [5, 5.41) is 6.91. The first-order valence-electron chi connectivity index (χ1n) is 6.14. The Labute approximate surface area is 115 Å². The summed E-state index contributed by atoms with van der Waals surface area (Å²) < 4.78 is 18.4. The first kappa shape index (κ1) is 12.3. The molecule has 1 N–H and O–H groups in total. The first-order valence-corrected chi connectivity index (χ1v) is 6.14. The summed E-state index contributed by atoms with van der Waals surface area (Å²) in [7, 11) is 1.85. The molecule has 0 atom stereocenters. The molecular formula is C15H12FN3O. The summed E-state index contributed by atoms with van der Waals surface area (Å²) in [5.41, 5.74) is 2.41. The van der Waals surface area contributed by atoms with Gasteiger partial charge < -0.3 is 9.84 Å². The molecule has 0 unspecified atom stereocenters. The van der Waals surface area contributed by atoms with E-state index in [9.17, 15) is 4.39 Å². The summed E-state index contributed by atoms with van der Waals surface area (Å²) in [6.07, 6.45) is 0. The number of anilines is 1. The van der Waals surface area contributed by atoms with Crippen molar-refractivity contribution in [2.45, 2.75) is 0 Å². The molecule has 0 saturated carbocycles. The van der Waals surface area contributed by atoms with Gasteiger partial charge in [-0.2, -0.15) is 4.98 Å². The van der Waals surface area contributed by atoms with Crippen molar-refractivity contribution in [1.82, 2.24) is 10.1 Å². The van der Waals surface area contributed by atoms with Gasteiger partial charge in [-0.3, -0.25) is 0 Å². The van der Waals surface area contributed by atoms with E-state index in [0.29, 0.717) is 17.3 Å². The monoisotopic (exact) mass is 269 g/mol. The molecule has 0 aliphatic heterocycles. The van der Waals surface area contributed by atoms with E-state index in [0.717, 1.165) is 11.3 Å². The van der Waals surface area contributed by atoms with Gasteiger partial charge in [0.15, 0.2) is 0 Å². The van der Waals surface area contributed by atoms with E-state index in [1.54, 1.807) is 12.1 Å². The molecule has 1 heterocycles. The third kappa shape index (κ3) is 2.38. The van der Waals surface area contributed by atoms with Crippen LogP contribution in [0.4, 0.5) is 10.1 Å². The Balaban J connectivity index is 1.93. The van der Waals surface area contributed by atoms with Crippen LogP contribution in [0.15, 0.2) is 53.1 Å². The maximum atomic E-state index is 13.2. The number of hydrogen-bond donors (Lipinski definition) is 1. The lowest BCUT2D eigenvalue weighted by molar-refractivity contribution is 0.432. The van der Waals surface area contributed by atoms with Crippen LogP contribution in [0, 0.1) is 5.82 Å². The second-order valence-electron chi connectivity index (χ2n) is 4.26. The van der Waals surface area contributed by atoms with Crippen LogP contribution in [0.5, 0.6) is 0 Å². The van der Waals surface area contributed by atoms with Gasteiger partial charge in [0.1, 0.15) is 5.82 Å². The van der Waals surface area contributed by atoms with Crippen molar-refractivity contribution in [2.24, 2.45) is 0 Å². The molecule has 1 aromatic heterocycles. The minimum absolute atomic E-state index is 0.327. The maximum absolute atomic E-state index is 13.2. The lowest BCUT2D eigenvalue weighted by Crippen LogP contribution is -1.87. The molecule has 0 fully saturated rings. The number of aromatic nitrogens is 2. The molecule has 0 amide bonds. The molecule has 3 rings (SSSR count). The average molecular weight is 269 g/mol. The quantitative estimate of drug-likeness (QED) is 0.789. The van der Waals surface area contributed by atoms with Gasteiger partial charge in [-0.1, -0.05) is 17.3 Å². The fourth-order valence-electron chi connectivity index (χ4n) is 1.87. The lowest BCUT2D eigenvalue weighted by atomic mass is 10.2. The van der Waals surface area contributed by atoms with Gasteiger partial charge in [-0.15, -0.1) is 0 Å². The number of hydrogen-bond acceptors (Lipinski definition) is 4. The molecule has 20 heavy (non-hydrogen) atoms.